The number of hydrogen-bond acceptors (Lipinski definition) is 5. The average molecular weight is 464 g/mol. The Morgan fingerprint density at radius 1 is 1.06 bits per heavy atom. The maximum absolute atomic E-state index is 13.4. The van der Waals surface area contributed by atoms with Crippen molar-refractivity contribution in [3.63, 3.8) is 0 Å². The lowest BCUT2D eigenvalue weighted by Crippen LogP contribution is -2.41. The van der Waals surface area contributed by atoms with Crippen molar-refractivity contribution in [1.29, 1.82) is 0 Å². The van der Waals surface area contributed by atoms with Crippen LogP contribution < -0.4 is 22.5 Å². The van der Waals surface area contributed by atoms with E-state index in [2.05, 4.69) is 10.3 Å². The minimum absolute atomic E-state index is 0. The monoisotopic (exact) mass is 463 g/mol. The number of fused-ring (bicyclic) bond motifs is 1. The fourth-order valence-electron chi connectivity index (χ4n) is 3.43. The second kappa shape index (κ2) is 12.5. The quantitative estimate of drug-likeness (QED) is 0.298. The first-order chi connectivity index (χ1) is 15.0. The van der Waals surface area contributed by atoms with Crippen LogP contribution in [0.25, 0.3) is 22.0 Å². The van der Waals surface area contributed by atoms with Gasteiger partial charge in [-0.05, 0) is 43.1 Å². The molecule has 2 aromatic carbocycles. The standard InChI is InChI=1S/C23H30FN5O2.ClH/c24-16-9-7-15(8-10-16)21-19-5-1-2-6-20(19)29-22(21)23(30)28-12-18(27)14-31-13-17(26)4-3-11-25;/h1-2,5-10,17-18,29H,3-4,11-14,25-27H2,(H,28,30);1H/t17-,18+;/m0./s1. The number of H-pyrrole nitrogens is 1. The highest BCUT2D eigenvalue weighted by Crippen LogP contribution is 2.32. The number of carbonyl (C=O) groups is 1. The second-order valence-corrected chi connectivity index (χ2v) is 7.63. The van der Waals surface area contributed by atoms with Crippen molar-refractivity contribution in [1.82, 2.24) is 10.3 Å². The van der Waals surface area contributed by atoms with Gasteiger partial charge in [-0.3, -0.25) is 4.79 Å². The van der Waals surface area contributed by atoms with Crippen molar-refractivity contribution in [3.05, 3.63) is 60.0 Å². The smallest absolute Gasteiger partial charge is 0.268 e. The molecule has 0 aliphatic heterocycles. The number of rotatable bonds is 11. The molecular weight excluding hydrogens is 433 g/mol. The molecule has 3 rings (SSSR count). The minimum atomic E-state index is -0.371. The van der Waals surface area contributed by atoms with Gasteiger partial charge in [0.05, 0.1) is 13.2 Å². The highest BCUT2D eigenvalue weighted by Gasteiger charge is 2.19. The summed E-state index contributed by atoms with van der Waals surface area (Å²) in [4.78, 5) is 16.1. The highest BCUT2D eigenvalue weighted by atomic mass is 35.5. The lowest BCUT2D eigenvalue weighted by Gasteiger charge is -2.16. The molecule has 7 nitrogen and oxygen atoms in total. The van der Waals surface area contributed by atoms with E-state index in [1.807, 2.05) is 24.3 Å². The molecule has 9 heteroatoms. The van der Waals surface area contributed by atoms with E-state index in [0.29, 0.717) is 18.8 Å². The zero-order valence-electron chi connectivity index (χ0n) is 17.9. The van der Waals surface area contributed by atoms with Crippen LogP contribution in [0.15, 0.2) is 48.5 Å². The van der Waals surface area contributed by atoms with Crippen LogP contribution in [0.2, 0.25) is 0 Å². The number of benzene rings is 2. The molecule has 0 unspecified atom stereocenters. The largest absolute Gasteiger partial charge is 0.378 e. The van der Waals surface area contributed by atoms with E-state index in [9.17, 15) is 9.18 Å². The summed E-state index contributed by atoms with van der Waals surface area (Å²) in [5.74, 6) is -0.617. The number of ether oxygens (including phenoxy) is 1. The third kappa shape index (κ3) is 6.75. The van der Waals surface area contributed by atoms with Gasteiger partial charge in [-0.2, -0.15) is 0 Å². The molecule has 1 aromatic heterocycles. The van der Waals surface area contributed by atoms with Gasteiger partial charge in [0.25, 0.3) is 5.91 Å². The number of nitrogens with two attached hydrogens (primary N) is 3. The summed E-state index contributed by atoms with van der Waals surface area (Å²) >= 11 is 0. The van der Waals surface area contributed by atoms with E-state index < -0.39 is 0 Å². The van der Waals surface area contributed by atoms with Crippen LogP contribution in [-0.4, -0.2) is 49.3 Å². The number of nitrogens with one attached hydrogen (secondary N) is 2. The number of carbonyl (C=O) groups excluding carboxylic acids is 1. The van der Waals surface area contributed by atoms with Crippen LogP contribution >= 0.6 is 12.4 Å². The van der Waals surface area contributed by atoms with E-state index >= 15 is 0 Å². The Labute approximate surface area is 193 Å². The number of amides is 1. The SMILES string of the molecule is Cl.NCCC[C@H](N)COC[C@H](N)CNC(=O)c1[nH]c2ccccc2c1-c1ccc(F)cc1. The van der Waals surface area contributed by atoms with Crippen molar-refractivity contribution in [2.45, 2.75) is 24.9 Å². The maximum atomic E-state index is 13.4. The summed E-state index contributed by atoms with van der Waals surface area (Å²) in [6.07, 6.45) is 1.66. The van der Waals surface area contributed by atoms with Crippen molar-refractivity contribution < 1.29 is 13.9 Å². The molecule has 1 heterocycles. The summed E-state index contributed by atoms with van der Waals surface area (Å²) in [6, 6.07) is 13.2. The summed E-state index contributed by atoms with van der Waals surface area (Å²) in [6.45, 7) is 1.54. The third-order valence-electron chi connectivity index (χ3n) is 5.03. The van der Waals surface area contributed by atoms with E-state index in [1.54, 1.807) is 12.1 Å². The molecule has 8 N–H and O–H groups in total. The summed E-state index contributed by atoms with van der Waals surface area (Å²) in [5.41, 5.74) is 20.2. The molecule has 0 saturated carbocycles. The molecule has 0 saturated heterocycles. The Morgan fingerprint density at radius 2 is 1.75 bits per heavy atom. The van der Waals surface area contributed by atoms with Gasteiger partial charge in [0.1, 0.15) is 11.5 Å². The third-order valence-corrected chi connectivity index (χ3v) is 5.03. The summed E-state index contributed by atoms with van der Waals surface area (Å²) in [5, 5.41) is 3.74. The number of para-hydroxylation sites is 1. The van der Waals surface area contributed by atoms with Crippen LogP contribution in [-0.2, 0) is 4.74 Å². The zero-order chi connectivity index (χ0) is 22.2. The highest BCUT2D eigenvalue weighted by molar-refractivity contribution is 6.09. The predicted octanol–water partition coefficient (Wildman–Crippen LogP) is 2.54. The number of aromatic nitrogens is 1. The molecule has 0 radical (unpaired) electrons. The van der Waals surface area contributed by atoms with Gasteiger partial charge in [-0.15, -0.1) is 12.4 Å². The van der Waals surface area contributed by atoms with Gasteiger partial charge in [0.2, 0.25) is 0 Å². The Hall–Kier alpha value is -2.49. The molecule has 0 bridgehead atoms. The number of hydrogen-bond donors (Lipinski definition) is 5. The lowest BCUT2D eigenvalue weighted by atomic mass is 10.0. The summed E-state index contributed by atoms with van der Waals surface area (Å²) < 4.78 is 19.0. The minimum Gasteiger partial charge on any atom is -0.378 e. The maximum Gasteiger partial charge on any atom is 0.268 e. The Balaban J connectivity index is 0.00000363. The van der Waals surface area contributed by atoms with Crippen LogP contribution in [0, 0.1) is 5.82 Å². The Kier molecular flexibility index (Phi) is 10.1. The van der Waals surface area contributed by atoms with Gasteiger partial charge in [-0.25, -0.2) is 4.39 Å². The first kappa shape index (κ1) is 25.8. The van der Waals surface area contributed by atoms with E-state index in [-0.39, 0.29) is 49.4 Å². The van der Waals surface area contributed by atoms with Gasteiger partial charge in [0.15, 0.2) is 0 Å². The van der Waals surface area contributed by atoms with Crippen LogP contribution in [0.1, 0.15) is 23.3 Å². The van der Waals surface area contributed by atoms with Gasteiger partial charge in [0, 0.05) is 35.1 Å². The Bertz CT molecular complexity index is 996. The summed E-state index contributed by atoms with van der Waals surface area (Å²) in [7, 11) is 0. The molecule has 1 amide bonds. The van der Waals surface area contributed by atoms with Crippen molar-refractivity contribution in [2.24, 2.45) is 17.2 Å². The first-order valence-electron chi connectivity index (χ1n) is 10.4. The first-order valence-corrected chi connectivity index (χ1v) is 10.4. The molecule has 0 spiro atoms. The molecule has 174 valence electrons. The second-order valence-electron chi connectivity index (χ2n) is 7.63. The molecule has 2 atom stereocenters. The van der Waals surface area contributed by atoms with Gasteiger partial charge < -0.3 is 32.2 Å². The van der Waals surface area contributed by atoms with Crippen LogP contribution in [0.3, 0.4) is 0 Å². The van der Waals surface area contributed by atoms with Crippen molar-refractivity contribution in [3.8, 4) is 11.1 Å². The molecular formula is C23H31ClFN5O2. The normalized spacial score (nSPS) is 12.9. The van der Waals surface area contributed by atoms with E-state index in [1.165, 1.54) is 12.1 Å². The fraction of sp³-hybridized carbons (Fsp3) is 0.348. The van der Waals surface area contributed by atoms with Crippen LogP contribution in [0.4, 0.5) is 4.39 Å². The molecule has 0 aliphatic rings. The predicted molar refractivity (Wildman–Crippen MR) is 128 cm³/mol. The fourth-order valence-corrected chi connectivity index (χ4v) is 3.43. The molecule has 0 fully saturated rings. The lowest BCUT2D eigenvalue weighted by molar-refractivity contribution is 0.0909. The topological polar surface area (TPSA) is 132 Å². The molecule has 3 aromatic rings. The molecule has 0 aliphatic carbocycles. The average Bonchev–Trinajstić information content (AvgIpc) is 3.16. The Morgan fingerprint density at radius 3 is 2.47 bits per heavy atom. The van der Waals surface area contributed by atoms with Crippen LogP contribution in [0.5, 0.6) is 0 Å². The number of halogens is 2. The zero-order valence-corrected chi connectivity index (χ0v) is 18.7. The van der Waals surface area contributed by atoms with E-state index in [0.717, 1.165) is 34.9 Å². The van der Waals surface area contributed by atoms with Crippen molar-refractivity contribution in [2.75, 3.05) is 26.3 Å². The van der Waals surface area contributed by atoms with Gasteiger partial charge >= 0.3 is 0 Å². The molecule has 32 heavy (non-hydrogen) atoms. The van der Waals surface area contributed by atoms with Crippen molar-refractivity contribution >= 4 is 29.2 Å². The number of aromatic amines is 1. The van der Waals surface area contributed by atoms with E-state index in [4.69, 9.17) is 21.9 Å². The van der Waals surface area contributed by atoms with Gasteiger partial charge in [-0.1, -0.05) is 30.3 Å².